The Bertz CT molecular complexity index is 746. The lowest BCUT2D eigenvalue weighted by Gasteiger charge is -2.22. The first-order valence-electron chi connectivity index (χ1n) is 6.58. The number of aryl methyl sites for hydroxylation is 1. The zero-order valence-electron chi connectivity index (χ0n) is 12.1. The number of hydrogen-bond acceptors (Lipinski definition) is 4. The van der Waals surface area contributed by atoms with E-state index in [0.717, 1.165) is 22.8 Å². The van der Waals surface area contributed by atoms with Gasteiger partial charge in [0.2, 0.25) is 0 Å². The van der Waals surface area contributed by atoms with Crippen molar-refractivity contribution in [3.05, 3.63) is 36.4 Å². The fraction of sp³-hybridized carbons (Fsp3) is 0.357. The van der Waals surface area contributed by atoms with E-state index in [9.17, 15) is 0 Å². The molecule has 0 spiro atoms. The zero-order chi connectivity index (χ0) is 14.3. The lowest BCUT2D eigenvalue weighted by molar-refractivity contribution is 0.359. The molecule has 0 unspecified atom stereocenters. The molecule has 0 atom stereocenters. The van der Waals surface area contributed by atoms with E-state index in [4.69, 9.17) is 0 Å². The first-order valence-corrected chi connectivity index (χ1v) is 6.58. The summed E-state index contributed by atoms with van der Waals surface area (Å²) in [5.41, 5.74) is 1.82. The van der Waals surface area contributed by atoms with Gasteiger partial charge in [-0.25, -0.2) is 14.2 Å². The fourth-order valence-electron chi connectivity index (χ4n) is 2.18. The van der Waals surface area contributed by atoms with E-state index in [1.54, 1.807) is 16.9 Å². The molecule has 0 radical (unpaired) electrons. The van der Waals surface area contributed by atoms with Crippen LogP contribution in [0.5, 0.6) is 0 Å². The Morgan fingerprint density at radius 3 is 2.75 bits per heavy atom. The third-order valence-electron chi connectivity index (χ3n) is 3.04. The Balaban J connectivity index is 2.05. The summed E-state index contributed by atoms with van der Waals surface area (Å²) >= 11 is 0. The summed E-state index contributed by atoms with van der Waals surface area (Å²) in [5, 5.41) is 12.1. The molecule has 104 valence electrons. The minimum Gasteiger partial charge on any atom is -0.323 e. The highest BCUT2D eigenvalue weighted by Crippen LogP contribution is 2.25. The van der Waals surface area contributed by atoms with Gasteiger partial charge in [-0.3, -0.25) is 0 Å². The molecule has 1 N–H and O–H groups in total. The predicted octanol–water partition coefficient (Wildman–Crippen LogP) is 2.73. The van der Waals surface area contributed by atoms with Crippen molar-refractivity contribution in [1.82, 2.24) is 24.4 Å². The van der Waals surface area contributed by atoms with Gasteiger partial charge < -0.3 is 5.32 Å². The minimum atomic E-state index is -0.0953. The van der Waals surface area contributed by atoms with Crippen molar-refractivity contribution in [3.8, 4) is 0 Å². The number of anilines is 2. The van der Waals surface area contributed by atoms with Crippen molar-refractivity contribution in [1.29, 1.82) is 0 Å². The van der Waals surface area contributed by atoms with Crippen molar-refractivity contribution in [3.63, 3.8) is 0 Å². The lowest BCUT2D eigenvalue weighted by atomic mass is 10.1. The van der Waals surface area contributed by atoms with Gasteiger partial charge in [-0.1, -0.05) is 0 Å². The largest absolute Gasteiger partial charge is 0.323 e. The van der Waals surface area contributed by atoms with Gasteiger partial charge in [0.1, 0.15) is 11.3 Å². The van der Waals surface area contributed by atoms with Crippen LogP contribution < -0.4 is 5.32 Å². The Hall–Kier alpha value is -2.37. The molecule has 3 aromatic heterocycles. The highest BCUT2D eigenvalue weighted by Gasteiger charge is 2.19. The van der Waals surface area contributed by atoms with Crippen LogP contribution in [0.25, 0.3) is 5.52 Å². The maximum absolute atomic E-state index is 4.55. The maximum Gasteiger partial charge on any atom is 0.157 e. The number of nitrogens with one attached hydrogen (secondary N) is 1. The second kappa shape index (κ2) is 4.33. The summed E-state index contributed by atoms with van der Waals surface area (Å²) in [4.78, 5) is 4.39. The lowest BCUT2D eigenvalue weighted by Crippen LogP contribution is -2.24. The second-order valence-electron chi connectivity index (χ2n) is 5.82. The summed E-state index contributed by atoms with van der Waals surface area (Å²) < 4.78 is 3.77. The maximum atomic E-state index is 4.55. The topological polar surface area (TPSA) is 60.0 Å². The van der Waals surface area contributed by atoms with Crippen LogP contribution in [0.1, 0.15) is 26.5 Å². The molecule has 3 rings (SSSR count). The van der Waals surface area contributed by atoms with Gasteiger partial charge >= 0.3 is 0 Å². The van der Waals surface area contributed by atoms with Gasteiger partial charge in [0, 0.05) is 18.5 Å². The van der Waals surface area contributed by atoms with Crippen molar-refractivity contribution < 1.29 is 0 Å². The predicted molar refractivity (Wildman–Crippen MR) is 78.2 cm³/mol. The van der Waals surface area contributed by atoms with Gasteiger partial charge in [0.05, 0.1) is 17.4 Å². The highest BCUT2D eigenvalue weighted by molar-refractivity contribution is 5.71. The van der Waals surface area contributed by atoms with E-state index in [-0.39, 0.29) is 5.54 Å². The van der Waals surface area contributed by atoms with Crippen LogP contribution in [0.15, 0.2) is 30.7 Å². The van der Waals surface area contributed by atoms with E-state index >= 15 is 0 Å². The summed E-state index contributed by atoms with van der Waals surface area (Å²) in [5.74, 6) is 1.70. The van der Waals surface area contributed by atoms with E-state index in [1.165, 1.54) is 0 Å². The van der Waals surface area contributed by atoms with Crippen molar-refractivity contribution >= 4 is 17.2 Å². The molecule has 0 fully saturated rings. The van der Waals surface area contributed by atoms with Crippen LogP contribution in [0, 0.1) is 6.92 Å². The monoisotopic (exact) mass is 270 g/mol. The Kier molecular flexibility index (Phi) is 2.74. The molecule has 0 amide bonds. The van der Waals surface area contributed by atoms with Crippen LogP contribution in [0.3, 0.4) is 0 Å². The summed E-state index contributed by atoms with van der Waals surface area (Å²) in [6, 6.07) is 3.95. The molecule has 6 heteroatoms. The van der Waals surface area contributed by atoms with Crippen LogP contribution in [0.4, 0.5) is 11.6 Å². The highest BCUT2D eigenvalue weighted by atomic mass is 15.4. The van der Waals surface area contributed by atoms with Crippen molar-refractivity contribution in [2.45, 2.75) is 33.2 Å². The summed E-state index contributed by atoms with van der Waals surface area (Å²) in [6.07, 6.45) is 5.31. The number of hydrogen-bond donors (Lipinski definition) is 1. The molecule has 0 saturated heterocycles. The fourth-order valence-corrected chi connectivity index (χ4v) is 2.18. The number of aromatic nitrogens is 5. The summed E-state index contributed by atoms with van der Waals surface area (Å²) in [7, 11) is 0. The van der Waals surface area contributed by atoms with Gasteiger partial charge in [0.15, 0.2) is 5.82 Å². The van der Waals surface area contributed by atoms with Gasteiger partial charge in [-0.2, -0.15) is 10.2 Å². The molecule has 0 aromatic carbocycles. The Morgan fingerprint density at radius 1 is 1.20 bits per heavy atom. The average Bonchev–Trinajstić information content (AvgIpc) is 2.95. The molecular formula is C14H18N6. The van der Waals surface area contributed by atoms with Gasteiger partial charge in [0.25, 0.3) is 0 Å². The van der Waals surface area contributed by atoms with Crippen LogP contribution >= 0.6 is 0 Å². The van der Waals surface area contributed by atoms with Gasteiger partial charge in [-0.15, -0.1) is 0 Å². The number of nitrogens with zero attached hydrogens (tertiary/aromatic N) is 5. The van der Waals surface area contributed by atoms with Crippen LogP contribution in [0.2, 0.25) is 0 Å². The molecule has 0 aliphatic rings. The average molecular weight is 270 g/mol. The molecule has 3 heterocycles. The Labute approximate surface area is 117 Å². The van der Waals surface area contributed by atoms with E-state index in [1.807, 2.05) is 29.9 Å². The normalized spacial score (nSPS) is 12.0. The number of rotatable bonds is 2. The molecule has 0 bridgehead atoms. The zero-order valence-corrected chi connectivity index (χ0v) is 12.1. The van der Waals surface area contributed by atoms with E-state index < -0.39 is 0 Å². The molecule has 0 saturated carbocycles. The first kappa shape index (κ1) is 12.7. The van der Waals surface area contributed by atoms with Crippen molar-refractivity contribution in [2.75, 3.05) is 5.32 Å². The summed E-state index contributed by atoms with van der Waals surface area (Å²) in [6.45, 7) is 8.35. The first-order chi connectivity index (χ1) is 9.45. The minimum absolute atomic E-state index is 0.0953. The third-order valence-corrected chi connectivity index (χ3v) is 3.04. The molecule has 0 aliphatic carbocycles. The molecular weight excluding hydrogens is 252 g/mol. The van der Waals surface area contributed by atoms with E-state index in [2.05, 4.69) is 41.3 Å². The SMILES string of the molecule is Cc1cc(Nc2nccn3nccc23)n(C(C)(C)C)n1. The quantitative estimate of drug-likeness (QED) is 0.778. The standard InChI is InChI=1S/C14H18N6/c1-10-9-12(20(18-10)14(2,3)4)17-13-11-5-6-16-19(11)8-7-15-13/h5-9H,1-4H3,(H,15,17). The van der Waals surface area contributed by atoms with E-state index in [0.29, 0.717) is 0 Å². The molecule has 6 nitrogen and oxygen atoms in total. The van der Waals surface area contributed by atoms with Crippen LogP contribution in [-0.4, -0.2) is 24.4 Å². The van der Waals surface area contributed by atoms with Gasteiger partial charge in [-0.05, 0) is 33.8 Å². The third kappa shape index (κ3) is 2.13. The molecule has 0 aliphatic heterocycles. The molecule has 20 heavy (non-hydrogen) atoms. The Morgan fingerprint density at radius 2 is 2.00 bits per heavy atom. The molecule has 3 aromatic rings. The smallest absolute Gasteiger partial charge is 0.157 e. The number of fused-ring (bicyclic) bond motifs is 1. The van der Waals surface area contributed by atoms with Crippen molar-refractivity contribution in [2.24, 2.45) is 0 Å². The van der Waals surface area contributed by atoms with Crippen LogP contribution in [-0.2, 0) is 5.54 Å². The second-order valence-corrected chi connectivity index (χ2v) is 5.82.